The van der Waals surface area contributed by atoms with Crippen molar-refractivity contribution in [3.8, 4) is 0 Å². The third kappa shape index (κ3) is 5.79. The van der Waals surface area contributed by atoms with Crippen LogP contribution in [0, 0.1) is 12.7 Å². The van der Waals surface area contributed by atoms with Crippen LogP contribution >= 0.6 is 0 Å². The highest BCUT2D eigenvalue weighted by Crippen LogP contribution is 2.21. The van der Waals surface area contributed by atoms with Gasteiger partial charge in [0, 0.05) is 19.1 Å². The molecule has 0 amide bonds. The fraction of sp³-hybridized carbons (Fsp3) is 0.533. The van der Waals surface area contributed by atoms with Crippen molar-refractivity contribution in [3.05, 3.63) is 35.1 Å². The predicted octanol–water partition coefficient (Wildman–Crippen LogP) is 1.16. The van der Waals surface area contributed by atoms with E-state index in [9.17, 15) is 14.3 Å². The van der Waals surface area contributed by atoms with Crippen molar-refractivity contribution < 1.29 is 19.4 Å². The lowest BCUT2D eigenvalue weighted by Gasteiger charge is -2.24. The van der Waals surface area contributed by atoms with Crippen LogP contribution in [0.15, 0.2) is 18.2 Å². The van der Waals surface area contributed by atoms with E-state index >= 15 is 0 Å². The van der Waals surface area contributed by atoms with Gasteiger partial charge in [0.15, 0.2) is 0 Å². The molecule has 0 saturated heterocycles. The van der Waals surface area contributed by atoms with Crippen LogP contribution in [-0.2, 0) is 4.79 Å². The summed E-state index contributed by atoms with van der Waals surface area (Å²) in [5, 5.41) is 22.4. The summed E-state index contributed by atoms with van der Waals surface area (Å²) in [5.74, 6) is -1.34. The number of nitrogens with zero attached hydrogens (tertiary/aromatic N) is 1. The van der Waals surface area contributed by atoms with Crippen LogP contribution in [0.4, 0.5) is 4.39 Å². The van der Waals surface area contributed by atoms with Crippen LogP contribution in [-0.4, -0.2) is 54.3 Å². The zero-order valence-electron chi connectivity index (χ0n) is 12.6. The molecule has 0 radical (unpaired) electrons. The topological polar surface area (TPSA) is 72.8 Å². The Labute approximate surface area is 124 Å². The Balaban J connectivity index is 2.79. The second-order valence-corrected chi connectivity index (χ2v) is 5.42. The lowest BCUT2D eigenvalue weighted by atomic mass is 9.98. The first-order chi connectivity index (χ1) is 9.81. The molecule has 2 unspecified atom stereocenters. The number of carboxylic acid groups (broad SMARTS) is 1. The van der Waals surface area contributed by atoms with Gasteiger partial charge in [-0.2, -0.15) is 0 Å². The van der Waals surface area contributed by atoms with Gasteiger partial charge in [0.2, 0.25) is 0 Å². The summed E-state index contributed by atoms with van der Waals surface area (Å²) in [6.45, 7) is 2.89. The van der Waals surface area contributed by atoms with Crippen molar-refractivity contribution in [3.63, 3.8) is 0 Å². The Bertz CT molecular complexity index is 480. The van der Waals surface area contributed by atoms with Crippen molar-refractivity contribution >= 4 is 5.97 Å². The molecule has 118 valence electrons. The molecule has 1 rings (SSSR count). The van der Waals surface area contributed by atoms with E-state index in [1.54, 1.807) is 13.0 Å². The molecule has 5 nitrogen and oxygen atoms in total. The Morgan fingerprint density at radius 3 is 2.62 bits per heavy atom. The number of rotatable bonds is 8. The maximum absolute atomic E-state index is 13.3. The van der Waals surface area contributed by atoms with Gasteiger partial charge >= 0.3 is 5.97 Å². The molecule has 0 saturated carbocycles. The minimum atomic E-state index is -0.998. The van der Waals surface area contributed by atoms with Crippen molar-refractivity contribution in [2.75, 3.05) is 27.2 Å². The van der Waals surface area contributed by atoms with E-state index in [1.807, 2.05) is 19.0 Å². The average Bonchev–Trinajstić information content (AvgIpc) is 2.39. The fourth-order valence-corrected chi connectivity index (χ4v) is 2.04. The van der Waals surface area contributed by atoms with Crippen molar-refractivity contribution in [1.82, 2.24) is 10.2 Å². The Kier molecular flexibility index (Phi) is 6.74. The highest BCUT2D eigenvalue weighted by atomic mass is 19.1. The Morgan fingerprint density at radius 2 is 2.10 bits per heavy atom. The second-order valence-electron chi connectivity index (χ2n) is 5.42. The van der Waals surface area contributed by atoms with Crippen LogP contribution in [0.1, 0.15) is 23.7 Å². The number of nitrogens with one attached hydrogen (secondary N) is 1. The number of halogens is 1. The third-order valence-electron chi connectivity index (χ3n) is 3.26. The third-order valence-corrected chi connectivity index (χ3v) is 3.26. The van der Waals surface area contributed by atoms with Crippen molar-refractivity contribution in [2.24, 2.45) is 0 Å². The lowest BCUT2D eigenvalue weighted by Crippen LogP contribution is -2.40. The van der Waals surface area contributed by atoms with Gasteiger partial charge in [0.05, 0.1) is 12.5 Å². The van der Waals surface area contributed by atoms with Gasteiger partial charge in [-0.1, -0.05) is 12.1 Å². The van der Waals surface area contributed by atoms with Gasteiger partial charge in [0.25, 0.3) is 0 Å². The van der Waals surface area contributed by atoms with Crippen LogP contribution < -0.4 is 5.32 Å². The van der Waals surface area contributed by atoms with E-state index in [-0.39, 0.29) is 12.2 Å². The first kappa shape index (κ1) is 17.6. The molecule has 0 spiro atoms. The van der Waals surface area contributed by atoms with Gasteiger partial charge in [-0.25, -0.2) is 4.39 Å². The van der Waals surface area contributed by atoms with Crippen LogP contribution in [0.25, 0.3) is 0 Å². The van der Waals surface area contributed by atoms with Gasteiger partial charge in [0.1, 0.15) is 5.82 Å². The average molecular weight is 298 g/mol. The molecule has 0 aliphatic rings. The van der Waals surface area contributed by atoms with Gasteiger partial charge in [-0.05, 0) is 38.2 Å². The molecular weight excluding hydrogens is 275 g/mol. The van der Waals surface area contributed by atoms with Gasteiger partial charge < -0.3 is 20.4 Å². The summed E-state index contributed by atoms with van der Waals surface area (Å²) >= 11 is 0. The summed E-state index contributed by atoms with van der Waals surface area (Å²) in [5.41, 5.74) is 0.936. The molecule has 21 heavy (non-hydrogen) atoms. The molecule has 0 fully saturated rings. The zero-order valence-corrected chi connectivity index (χ0v) is 12.6. The first-order valence-corrected chi connectivity index (χ1v) is 6.85. The Hall–Kier alpha value is -1.50. The first-order valence-electron chi connectivity index (χ1n) is 6.85. The van der Waals surface area contributed by atoms with E-state index < -0.39 is 18.1 Å². The molecule has 3 N–H and O–H groups in total. The maximum Gasteiger partial charge on any atom is 0.305 e. The summed E-state index contributed by atoms with van der Waals surface area (Å²) in [6.07, 6.45) is -1.20. The summed E-state index contributed by atoms with van der Waals surface area (Å²) < 4.78 is 13.3. The molecule has 0 aliphatic heterocycles. The highest BCUT2D eigenvalue weighted by Gasteiger charge is 2.23. The number of aliphatic hydroxyl groups is 1. The van der Waals surface area contributed by atoms with Crippen LogP contribution in [0.2, 0.25) is 0 Å². The largest absolute Gasteiger partial charge is 0.481 e. The number of likely N-dealkylation sites (N-methyl/N-ethyl adjacent to an activating group) is 1. The standard InChI is InChI=1S/C15H23FN2O3/c1-10-8-11(4-5-12(10)16)15(21)13(9-14(19)20)17-6-7-18(2)3/h4-5,8,13,15,17,21H,6-7,9H2,1-3H3,(H,19,20). The minimum absolute atomic E-state index is 0.203. The molecule has 0 bridgehead atoms. The number of carboxylic acids is 1. The molecule has 0 aromatic heterocycles. The molecular formula is C15H23FN2O3. The quantitative estimate of drug-likeness (QED) is 0.672. The number of aliphatic carboxylic acids is 1. The summed E-state index contributed by atoms with van der Waals surface area (Å²) in [6, 6.07) is 3.69. The molecule has 1 aromatic rings. The van der Waals surface area contributed by atoms with E-state index in [0.29, 0.717) is 17.7 Å². The molecule has 0 aliphatic carbocycles. The number of aryl methyl sites for hydroxylation is 1. The molecule has 0 heterocycles. The Morgan fingerprint density at radius 1 is 1.43 bits per heavy atom. The smallest absolute Gasteiger partial charge is 0.305 e. The SMILES string of the molecule is Cc1cc(C(O)C(CC(=O)O)NCCN(C)C)ccc1F. The summed E-state index contributed by atoms with van der Waals surface area (Å²) in [7, 11) is 3.82. The number of hydrogen-bond acceptors (Lipinski definition) is 4. The minimum Gasteiger partial charge on any atom is -0.481 e. The van der Waals surface area contributed by atoms with Gasteiger partial charge in [-0.15, -0.1) is 0 Å². The molecule has 2 atom stereocenters. The maximum atomic E-state index is 13.3. The molecule has 6 heteroatoms. The van der Waals surface area contributed by atoms with E-state index in [0.717, 1.165) is 6.54 Å². The van der Waals surface area contributed by atoms with E-state index in [4.69, 9.17) is 5.11 Å². The second kappa shape index (κ2) is 8.07. The summed E-state index contributed by atoms with van der Waals surface area (Å²) in [4.78, 5) is 12.9. The molecule has 1 aromatic carbocycles. The van der Waals surface area contributed by atoms with E-state index in [1.165, 1.54) is 12.1 Å². The number of hydrogen-bond donors (Lipinski definition) is 3. The highest BCUT2D eigenvalue weighted by molar-refractivity contribution is 5.67. The number of aliphatic hydroxyl groups excluding tert-OH is 1. The monoisotopic (exact) mass is 298 g/mol. The van der Waals surface area contributed by atoms with Crippen molar-refractivity contribution in [1.29, 1.82) is 0 Å². The fourth-order valence-electron chi connectivity index (χ4n) is 2.04. The number of carbonyl (C=O) groups is 1. The van der Waals surface area contributed by atoms with Gasteiger partial charge in [-0.3, -0.25) is 4.79 Å². The zero-order chi connectivity index (χ0) is 16.0. The predicted molar refractivity (Wildman–Crippen MR) is 78.7 cm³/mol. The normalized spacial score (nSPS) is 14.2. The van der Waals surface area contributed by atoms with Crippen LogP contribution in [0.5, 0.6) is 0 Å². The van der Waals surface area contributed by atoms with Crippen molar-refractivity contribution in [2.45, 2.75) is 25.5 Å². The lowest BCUT2D eigenvalue weighted by molar-refractivity contribution is -0.138. The van der Waals surface area contributed by atoms with E-state index in [2.05, 4.69) is 5.32 Å². The number of benzene rings is 1. The van der Waals surface area contributed by atoms with Crippen LogP contribution in [0.3, 0.4) is 0 Å².